The SMILES string of the molecule is C=CCc1cc(/C=C2/SC(=Nc3ccccc3)N(c3ccccc3)C2=O)cc(OC)c1OCc1ccc(Br)cc1. The number of carbonyl (C=O) groups excluding carboxylic acids is 1. The molecule has 0 saturated carbocycles. The number of amides is 1. The number of nitrogens with zero attached hydrogens (tertiary/aromatic N) is 2. The van der Waals surface area contributed by atoms with Gasteiger partial charge in [0.15, 0.2) is 16.7 Å². The van der Waals surface area contributed by atoms with Gasteiger partial charge in [0.1, 0.15) is 6.61 Å². The van der Waals surface area contributed by atoms with Crippen LogP contribution in [0.4, 0.5) is 11.4 Å². The number of halogens is 1. The van der Waals surface area contributed by atoms with Crippen molar-refractivity contribution < 1.29 is 14.3 Å². The Bertz CT molecular complexity index is 1570. The number of rotatable bonds is 9. The maximum atomic E-state index is 13.7. The van der Waals surface area contributed by atoms with Gasteiger partial charge in [-0.1, -0.05) is 70.5 Å². The topological polar surface area (TPSA) is 51.1 Å². The molecule has 1 heterocycles. The summed E-state index contributed by atoms with van der Waals surface area (Å²) in [6.07, 6.45) is 4.29. The molecule has 4 aromatic rings. The van der Waals surface area contributed by atoms with Crippen molar-refractivity contribution in [1.82, 2.24) is 0 Å². The largest absolute Gasteiger partial charge is 0.493 e. The van der Waals surface area contributed by atoms with Gasteiger partial charge in [-0.2, -0.15) is 0 Å². The molecule has 40 heavy (non-hydrogen) atoms. The fraction of sp³-hybridized carbons (Fsp3) is 0.0909. The maximum absolute atomic E-state index is 13.7. The molecular weight excluding hydrogens is 584 g/mol. The van der Waals surface area contributed by atoms with Gasteiger partial charge in [-0.05, 0) is 83.9 Å². The number of amidine groups is 1. The Morgan fingerprint density at radius 1 is 0.975 bits per heavy atom. The molecule has 1 aliphatic heterocycles. The summed E-state index contributed by atoms with van der Waals surface area (Å²) >= 11 is 4.82. The lowest BCUT2D eigenvalue weighted by Gasteiger charge is -2.16. The number of benzene rings is 4. The number of ether oxygens (including phenoxy) is 2. The molecule has 0 N–H and O–H groups in total. The molecule has 1 amide bonds. The van der Waals surface area contributed by atoms with Crippen LogP contribution in [0.25, 0.3) is 6.08 Å². The number of allylic oxidation sites excluding steroid dienone is 1. The van der Waals surface area contributed by atoms with E-state index < -0.39 is 0 Å². The second-order valence-electron chi connectivity index (χ2n) is 8.94. The first kappa shape index (κ1) is 27.5. The second kappa shape index (κ2) is 12.9. The van der Waals surface area contributed by atoms with Gasteiger partial charge in [0.25, 0.3) is 5.91 Å². The summed E-state index contributed by atoms with van der Waals surface area (Å²) in [5, 5.41) is 0.599. The van der Waals surface area contributed by atoms with E-state index in [9.17, 15) is 4.79 Å². The normalized spacial score (nSPS) is 15.1. The van der Waals surface area contributed by atoms with Crippen LogP contribution in [0, 0.1) is 0 Å². The smallest absolute Gasteiger partial charge is 0.271 e. The number of para-hydroxylation sites is 2. The van der Waals surface area contributed by atoms with E-state index in [2.05, 4.69) is 22.5 Å². The number of methoxy groups -OCH3 is 1. The third-order valence-electron chi connectivity index (χ3n) is 6.13. The minimum atomic E-state index is -0.134. The molecule has 0 atom stereocenters. The van der Waals surface area contributed by atoms with Crippen LogP contribution < -0.4 is 14.4 Å². The number of carbonyl (C=O) groups is 1. The highest BCUT2D eigenvalue weighted by Crippen LogP contribution is 2.39. The van der Waals surface area contributed by atoms with Crippen molar-refractivity contribution in [2.24, 2.45) is 4.99 Å². The summed E-state index contributed by atoms with van der Waals surface area (Å²) in [4.78, 5) is 20.7. The first-order valence-corrected chi connectivity index (χ1v) is 14.3. The number of aliphatic imine (C=N–C) groups is 1. The summed E-state index contributed by atoms with van der Waals surface area (Å²) in [5.74, 6) is 1.12. The lowest BCUT2D eigenvalue weighted by Crippen LogP contribution is -2.28. The van der Waals surface area contributed by atoms with Crippen molar-refractivity contribution in [1.29, 1.82) is 0 Å². The van der Waals surface area contributed by atoms with Gasteiger partial charge in [-0.3, -0.25) is 9.69 Å². The van der Waals surface area contributed by atoms with Crippen LogP contribution in [0.3, 0.4) is 0 Å². The van der Waals surface area contributed by atoms with Gasteiger partial charge in [0.2, 0.25) is 0 Å². The zero-order chi connectivity index (χ0) is 27.9. The highest BCUT2D eigenvalue weighted by Gasteiger charge is 2.34. The van der Waals surface area contributed by atoms with Gasteiger partial charge in [0, 0.05) is 10.0 Å². The van der Waals surface area contributed by atoms with Crippen LogP contribution in [0.1, 0.15) is 16.7 Å². The third kappa shape index (κ3) is 6.38. The number of thioether (sulfide) groups is 1. The van der Waals surface area contributed by atoms with Gasteiger partial charge < -0.3 is 9.47 Å². The molecule has 1 aliphatic rings. The summed E-state index contributed by atoms with van der Waals surface area (Å²) in [6.45, 7) is 4.32. The number of hydrogen-bond donors (Lipinski definition) is 0. The molecule has 0 unspecified atom stereocenters. The van der Waals surface area contributed by atoms with E-state index in [-0.39, 0.29) is 5.91 Å². The van der Waals surface area contributed by atoms with Crippen molar-refractivity contribution in [3.8, 4) is 11.5 Å². The van der Waals surface area contributed by atoms with Crippen molar-refractivity contribution in [3.63, 3.8) is 0 Å². The molecule has 0 aromatic heterocycles. The van der Waals surface area contributed by atoms with Crippen LogP contribution in [0.2, 0.25) is 0 Å². The molecule has 0 spiro atoms. The van der Waals surface area contributed by atoms with E-state index in [0.29, 0.717) is 34.6 Å². The zero-order valence-corrected chi connectivity index (χ0v) is 24.3. The van der Waals surface area contributed by atoms with Gasteiger partial charge >= 0.3 is 0 Å². The van der Waals surface area contributed by atoms with Crippen molar-refractivity contribution in [2.45, 2.75) is 13.0 Å². The predicted molar refractivity (Wildman–Crippen MR) is 168 cm³/mol. The minimum Gasteiger partial charge on any atom is -0.493 e. The van der Waals surface area contributed by atoms with E-state index in [4.69, 9.17) is 14.5 Å². The molecule has 7 heteroatoms. The molecular formula is C33H27BrN2O3S. The lowest BCUT2D eigenvalue weighted by molar-refractivity contribution is -0.113. The Hall–Kier alpha value is -4.07. The predicted octanol–water partition coefficient (Wildman–Crippen LogP) is 8.57. The second-order valence-corrected chi connectivity index (χ2v) is 10.9. The monoisotopic (exact) mass is 610 g/mol. The minimum absolute atomic E-state index is 0.134. The Morgan fingerprint density at radius 3 is 2.35 bits per heavy atom. The Morgan fingerprint density at radius 2 is 1.68 bits per heavy atom. The summed E-state index contributed by atoms with van der Waals surface area (Å²) in [5.41, 5.74) is 4.34. The van der Waals surface area contributed by atoms with E-state index in [1.807, 2.05) is 109 Å². The molecule has 0 radical (unpaired) electrons. The molecule has 200 valence electrons. The standard InChI is InChI=1S/C33H27BrN2O3S/c1-3-10-25-19-24(20-29(38-2)31(25)39-22-23-15-17-26(34)18-16-23)21-30-32(37)36(28-13-8-5-9-14-28)33(40-30)35-27-11-6-4-7-12-27/h3-9,11-21H,1,10,22H2,2H3/b30-21+,35-33?. The van der Waals surface area contributed by atoms with Crippen LogP contribution in [0.5, 0.6) is 11.5 Å². The summed E-state index contributed by atoms with van der Waals surface area (Å²) < 4.78 is 13.0. The van der Waals surface area contributed by atoms with Crippen LogP contribution >= 0.6 is 27.7 Å². The Labute approximate surface area is 247 Å². The van der Waals surface area contributed by atoms with E-state index in [1.165, 1.54) is 11.8 Å². The molecule has 5 rings (SSSR count). The average Bonchev–Trinajstić information content (AvgIpc) is 3.28. The van der Waals surface area contributed by atoms with Gasteiger partial charge in [0.05, 0.1) is 23.4 Å². The molecule has 4 aromatic carbocycles. The third-order valence-corrected chi connectivity index (χ3v) is 7.63. The van der Waals surface area contributed by atoms with Crippen LogP contribution in [-0.2, 0) is 17.8 Å². The van der Waals surface area contributed by atoms with Crippen LogP contribution in [-0.4, -0.2) is 18.2 Å². The number of anilines is 1. The average molecular weight is 612 g/mol. The molecule has 0 bridgehead atoms. The molecule has 0 aliphatic carbocycles. The molecule has 5 nitrogen and oxygen atoms in total. The fourth-order valence-corrected chi connectivity index (χ4v) is 5.51. The van der Waals surface area contributed by atoms with Crippen LogP contribution in [0.15, 0.2) is 124 Å². The lowest BCUT2D eigenvalue weighted by atomic mass is 10.0. The summed E-state index contributed by atoms with van der Waals surface area (Å²) in [7, 11) is 1.62. The first-order chi connectivity index (χ1) is 19.6. The quantitative estimate of drug-likeness (QED) is 0.141. The summed E-state index contributed by atoms with van der Waals surface area (Å²) in [6, 6.07) is 31.1. The maximum Gasteiger partial charge on any atom is 0.271 e. The highest BCUT2D eigenvalue weighted by molar-refractivity contribution is 9.10. The Kier molecular flexibility index (Phi) is 8.84. The first-order valence-electron chi connectivity index (χ1n) is 12.7. The van der Waals surface area contributed by atoms with Crippen molar-refractivity contribution in [2.75, 3.05) is 12.0 Å². The Balaban J connectivity index is 1.50. The van der Waals surface area contributed by atoms with Crippen molar-refractivity contribution >= 4 is 56.2 Å². The van der Waals surface area contributed by atoms with Crippen molar-refractivity contribution in [3.05, 3.63) is 136 Å². The van der Waals surface area contributed by atoms with E-state index in [0.717, 1.165) is 32.5 Å². The van der Waals surface area contributed by atoms with Gasteiger partial charge in [-0.15, -0.1) is 6.58 Å². The fourth-order valence-electron chi connectivity index (χ4n) is 4.24. The van der Waals surface area contributed by atoms with E-state index >= 15 is 0 Å². The van der Waals surface area contributed by atoms with Gasteiger partial charge in [-0.25, -0.2) is 4.99 Å². The molecule has 1 saturated heterocycles. The number of hydrogen-bond acceptors (Lipinski definition) is 5. The van der Waals surface area contributed by atoms with E-state index in [1.54, 1.807) is 12.0 Å². The highest BCUT2D eigenvalue weighted by atomic mass is 79.9. The molecule has 1 fully saturated rings. The zero-order valence-electron chi connectivity index (χ0n) is 21.9.